The third-order valence-electron chi connectivity index (χ3n) is 7.24. The number of nitrogens with zero attached hydrogens (tertiary/aromatic N) is 3. The summed E-state index contributed by atoms with van der Waals surface area (Å²) in [6.07, 6.45) is 1.58. The lowest BCUT2D eigenvalue weighted by Crippen LogP contribution is -2.36. The van der Waals surface area contributed by atoms with Crippen molar-refractivity contribution in [1.29, 1.82) is 0 Å². The zero-order valence-electron chi connectivity index (χ0n) is 18.9. The summed E-state index contributed by atoms with van der Waals surface area (Å²) < 4.78 is 48.1. The number of carbonyl (C=O) groups is 1. The van der Waals surface area contributed by atoms with Gasteiger partial charge in [0.1, 0.15) is 10.7 Å². The molecule has 2 aromatic carbocycles. The number of hydrogen-bond donors (Lipinski definition) is 1. The highest BCUT2D eigenvalue weighted by molar-refractivity contribution is 7.89. The number of amides is 1. The first-order chi connectivity index (χ1) is 16.9. The molecule has 1 aliphatic carbocycles. The van der Waals surface area contributed by atoms with Crippen LogP contribution in [0.25, 0.3) is 10.9 Å². The minimum absolute atomic E-state index is 0.0369. The zero-order chi connectivity index (χ0) is 24.2. The van der Waals surface area contributed by atoms with E-state index in [1.54, 1.807) is 36.5 Å². The molecule has 3 aliphatic rings. The van der Waals surface area contributed by atoms with E-state index in [2.05, 4.69) is 10.3 Å². The van der Waals surface area contributed by atoms with Crippen LogP contribution < -0.4 is 10.2 Å². The molecule has 2 atom stereocenters. The molecule has 0 bridgehead atoms. The Morgan fingerprint density at radius 2 is 1.80 bits per heavy atom. The van der Waals surface area contributed by atoms with Crippen molar-refractivity contribution in [2.75, 3.05) is 49.6 Å². The molecule has 182 valence electrons. The van der Waals surface area contributed by atoms with Crippen LogP contribution in [0.1, 0.15) is 0 Å². The highest BCUT2D eigenvalue weighted by atomic mass is 32.2. The van der Waals surface area contributed by atoms with Crippen LogP contribution in [0.2, 0.25) is 0 Å². The molecule has 2 aliphatic heterocycles. The number of ether oxygens (including phenoxy) is 1. The van der Waals surface area contributed by atoms with Gasteiger partial charge in [0.05, 0.1) is 24.4 Å². The number of benzene rings is 2. The van der Waals surface area contributed by atoms with Crippen LogP contribution in [0, 0.1) is 23.6 Å². The van der Waals surface area contributed by atoms with Gasteiger partial charge in [-0.1, -0.05) is 18.2 Å². The molecule has 35 heavy (non-hydrogen) atoms. The Labute approximate surface area is 202 Å². The number of carbonyl (C=O) groups excluding carboxylic acids is 1. The summed E-state index contributed by atoms with van der Waals surface area (Å²) in [4.78, 5) is 19.2. The molecule has 0 radical (unpaired) electrons. The second kappa shape index (κ2) is 8.54. The smallest absolute Gasteiger partial charge is 0.245 e. The van der Waals surface area contributed by atoms with E-state index in [-0.39, 0.29) is 34.4 Å². The van der Waals surface area contributed by atoms with Crippen molar-refractivity contribution in [3.63, 3.8) is 0 Å². The normalized spacial score (nSPS) is 24.4. The predicted octanol–water partition coefficient (Wildman–Crippen LogP) is 2.72. The Bertz CT molecular complexity index is 1390. The zero-order valence-corrected chi connectivity index (χ0v) is 19.7. The molecule has 8 nitrogen and oxygen atoms in total. The Morgan fingerprint density at radius 3 is 2.54 bits per heavy atom. The minimum atomic E-state index is -3.72. The standard InChI is InChI=1S/C25H25FN4O4S/c26-20-13-17(6-7-21(20)29-9-11-34-12-10-29)28-25(31)23-18-14-30(15-19(18)23)35(32,33)22-5-1-3-16-4-2-8-27-24(16)22/h1-8,13,18-19,23H,9-12,14-15H2,(H,28,31). The first-order valence-electron chi connectivity index (χ1n) is 11.7. The van der Waals surface area contributed by atoms with Crippen LogP contribution in [0.15, 0.2) is 59.6 Å². The van der Waals surface area contributed by atoms with E-state index in [9.17, 15) is 17.6 Å². The summed E-state index contributed by atoms with van der Waals surface area (Å²) >= 11 is 0. The summed E-state index contributed by atoms with van der Waals surface area (Å²) in [6, 6.07) is 13.4. The van der Waals surface area contributed by atoms with Crippen LogP contribution in [0.3, 0.4) is 0 Å². The van der Waals surface area contributed by atoms with Gasteiger partial charge in [-0.15, -0.1) is 0 Å². The van der Waals surface area contributed by atoms with Crippen LogP contribution in [-0.4, -0.2) is 63.0 Å². The van der Waals surface area contributed by atoms with Gasteiger partial charge >= 0.3 is 0 Å². The molecule has 1 aromatic heterocycles. The number of anilines is 2. The molecule has 3 aromatic rings. The molecule has 10 heteroatoms. The summed E-state index contributed by atoms with van der Waals surface area (Å²) in [5, 5.41) is 3.58. The van der Waals surface area contributed by atoms with Gasteiger partial charge in [-0.2, -0.15) is 4.31 Å². The molecule has 2 unspecified atom stereocenters. The Balaban J connectivity index is 1.11. The molecule has 6 rings (SSSR count). The summed E-state index contributed by atoms with van der Waals surface area (Å²) in [6.45, 7) is 2.96. The first-order valence-corrected chi connectivity index (χ1v) is 13.1. The van der Waals surface area contributed by atoms with E-state index < -0.39 is 10.0 Å². The van der Waals surface area contributed by atoms with Crippen molar-refractivity contribution in [3.8, 4) is 0 Å². The van der Waals surface area contributed by atoms with Gasteiger partial charge in [0, 0.05) is 49.4 Å². The lowest BCUT2D eigenvalue weighted by Gasteiger charge is -2.29. The van der Waals surface area contributed by atoms with Gasteiger partial charge in [-0.3, -0.25) is 9.78 Å². The highest BCUT2D eigenvalue weighted by Crippen LogP contribution is 2.53. The Kier molecular flexibility index (Phi) is 5.46. The molecular weight excluding hydrogens is 471 g/mol. The van der Waals surface area contributed by atoms with E-state index in [1.807, 2.05) is 17.0 Å². The number of halogens is 1. The number of morpholine rings is 1. The monoisotopic (exact) mass is 496 g/mol. The average Bonchev–Trinajstić information content (AvgIpc) is 3.37. The third kappa shape index (κ3) is 3.95. The van der Waals surface area contributed by atoms with E-state index in [4.69, 9.17) is 4.74 Å². The number of sulfonamides is 1. The van der Waals surface area contributed by atoms with Gasteiger partial charge in [0.15, 0.2) is 0 Å². The van der Waals surface area contributed by atoms with Crippen molar-refractivity contribution in [3.05, 3.63) is 60.5 Å². The fraction of sp³-hybridized carbons (Fsp3) is 0.360. The molecule has 1 amide bonds. The molecule has 3 heterocycles. The van der Waals surface area contributed by atoms with Crippen molar-refractivity contribution in [1.82, 2.24) is 9.29 Å². The maximum Gasteiger partial charge on any atom is 0.245 e. The highest BCUT2D eigenvalue weighted by Gasteiger charge is 2.61. The van der Waals surface area contributed by atoms with Crippen molar-refractivity contribution < 1.29 is 22.3 Å². The number of piperidine rings is 1. The maximum atomic E-state index is 14.7. The molecule has 2 saturated heterocycles. The number of fused-ring (bicyclic) bond motifs is 2. The van der Waals surface area contributed by atoms with Crippen LogP contribution in [0.5, 0.6) is 0 Å². The minimum Gasteiger partial charge on any atom is -0.378 e. The fourth-order valence-electron chi connectivity index (χ4n) is 5.37. The summed E-state index contributed by atoms with van der Waals surface area (Å²) in [5.74, 6) is -0.923. The van der Waals surface area contributed by atoms with E-state index >= 15 is 0 Å². The van der Waals surface area contributed by atoms with Gasteiger partial charge in [-0.25, -0.2) is 12.8 Å². The number of pyridine rings is 1. The molecule has 0 spiro atoms. The summed E-state index contributed by atoms with van der Waals surface area (Å²) in [5.41, 5.74) is 1.35. The van der Waals surface area contributed by atoms with Gasteiger partial charge in [0.2, 0.25) is 15.9 Å². The van der Waals surface area contributed by atoms with Crippen LogP contribution >= 0.6 is 0 Å². The number of rotatable bonds is 5. The predicted molar refractivity (Wildman–Crippen MR) is 129 cm³/mol. The summed E-state index contributed by atoms with van der Waals surface area (Å²) in [7, 11) is -3.72. The Morgan fingerprint density at radius 1 is 1.06 bits per heavy atom. The number of aromatic nitrogens is 1. The number of para-hydroxylation sites is 1. The largest absolute Gasteiger partial charge is 0.378 e. The van der Waals surface area contributed by atoms with Gasteiger partial charge in [0.25, 0.3) is 0 Å². The quantitative estimate of drug-likeness (QED) is 0.584. The lowest BCUT2D eigenvalue weighted by molar-refractivity contribution is -0.118. The average molecular weight is 497 g/mol. The van der Waals surface area contributed by atoms with Crippen molar-refractivity contribution in [2.45, 2.75) is 4.90 Å². The SMILES string of the molecule is O=C(Nc1ccc(N2CCOCC2)c(F)c1)C1C2CN(S(=O)(=O)c3cccc4cccnc34)CC21. The molecule has 1 saturated carbocycles. The molecule has 3 fully saturated rings. The van der Waals surface area contributed by atoms with E-state index in [1.165, 1.54) is 10.4 Å². The third-order valence-corrected chi connectivity index (χ3v) is 9.11. The number of nitrogens with one attached hydrogen (secondary N) is 1. The second-order valence-electron chi connectivity index (χ2n) is 9.26. The Hall–Kier alpha value is -3.08. The van der Waals surface area contributed by atoms with Crippen LogP contribution in [0.4, 0.5) is 15.8 Å². The van der Waals surface area contributed by atoms with Gasteiger partial charge < -0.3 is 15.0 Å². The van der Waals surface area contributed by atoms with E-state index in [0.29, 0.717) is 56.3 Å². The van der Waals surface area contributed by atoms with Crippen molar-refractivity contribution in [2.24, 2.45) is 17.8 Å². The van der Waals surface area contributed by atoms with Crippen LogP contribution in [-0.2, 0) is 19.6 Å². The second-order valence-corrected chi connectivity index (χ2v) is 11.2. The fourth-order valence-corrected chi connectivity index (χ4v) is 7.05. The maximum absolute atomic E-state index is 14.7. The molecular formula is C25H25FN4O4S. The first kappa shape index (κ1) is 22.4. The van der Waals surface area contributed by atoms with Crippen molar-refractivity contribution >= 4 is 38.2 Å². The van der Waals surface area contributed by atoms with Gasteiger partial charge in [-0.05, 0) is 42.2 Å². The lowest BCUT2D eigenvalue weighted by atomic mass is 10.2. The molecule has 1 N–H and O–H groups in total. The van der Waals surface area contributed by atoms with E-state index in [0.717, 1.165) is 5.39 Å². The number of hydrogen-bond acceptors (Lipinski definition) is 6. The topological polar surface area (TPSA) is 91.8 Å².